The third-order valence-electron chi connectivity index (χ3n) is 3.23. The molecule has 0 spiro atoms. The van der Waals surface area contributed by atoms with Crippen LogP contribution in [-0.4, -0.2) is 32.8 Å². The molecule has 0 aromatic heterocycles. The van der Waals surface area contributed by atoms with Crippen molar-refractivity contribution in [3.8, 4) is 0 Å². The lowest BCUT2D eigenvalue weighted by atomic mass is 9.86. The fourth-order valence-electron chi connectivity index (χ4n) is 1.96. The smallest absolute Gasteiger partial charge is 0.0569 e. The largest absolute Gasteiger partial charge is 0.380 e. The first-order valence-electron chi connectivity index (χ1n) is 5.97. The van der Waals surface area contributed by atoms with Gasteiger partial charge in [0.05, 0.1) is 13.2 Å². The molecule has 17 heavy (non-hydrogen) atoms. The third kappa shape index (κ3) is 3.52. The lowest BCUT2D eigenvalue weighted by Gasteiger charge is -2.40. The second-order valence-corrected chi connectivity index (χ2v) is 5.67. The maximum absolute atomic E-state index is 5.76. The Hall–Kier alpha value is -0.420. The Balaban J connectivity index is 1.69. The molecule has 0 amide bonds. The first kappa shape index (κ1) is 13.0. The number of rotatable bonds is 6. The average molecular weight is 299 g/mol. The molecular weight excluding hydrogens is 280 g/mol. The summed E-state index contributed by atoms with van der Waals surface area (Å²) in [7, 11) is 0. The normalized spacial score (nSPS) is 17.8. The van der Waals surface area contributed by atoms with Gasteiger partial charge < -0.3 is 15.8 Å². The van der Waals surface area contributed by atoms with Crippen molar-refractivity contribution in [1.82, 2.24) is 5.32 Å². The van der Waals surface area contributed by atoms with E-state index >= 15 is 0 Å². The molecule has 0 aliphatic carbocycles. The maximum atomic E-state index is 5.76. The Labute approximate surface area is 111 Å². The second-order valence-electron chi connectivity index (χ2n) is 4.75. The number of benzene rings is 1. The van der Waals surface area contributed by atoms with E-state index in [9.17, 15) is 0 Å². The van der Waals surface area contributed by atoms with Crippen molar-refractivity contribution >= 4 is 15.9 Å². The fraction of sp³-hybridized carbons (Fsp3) is 0.538. The predicted octanol–water partition coefficient (Wildman–Crippen LogP) is 1.56. The molecule has 1 aliphatic rings. The number of nitrogens with one attached hydrogen (secondary N) is 1. The minimum atomic E-state index is 0.192. The molecule has 1 fully saturated rings. The zero-order chi connectivity index (χ0) is 12.1. The lowest BCUT2D eigenvalue weighted by molar-refractivity contribution is -0.104. The van der Waals surface area contributed by atoms with Crippen LogP contribution in [0.15, 0.2) is 28.7 Å². The molecule has 1 saturated heterocycles. The third-order valence-corrected chi connectivity index (χ3v) is 3.72. The van der Waals surface area contributed by atoms with Gasteiger partial charge in [-0.15, -0.1) is 0 Å². The minimum Gasteiger partial charge on any atom is -0.380 e. The predicted molar refractivity (Wildman–Crippen MR) is 73.0 cm³/mol. The van der Waals surface area contributed by atoms with Gasteiger partial charge in [0.2, 0.25) is 0 Å². The van der Waals surface area contributed by atoms with Crippen molar-refractivity contribution in [2.24, 2.45) is 11.1 Å². The number of ether oxygens (including phenoxy) is 1. The summed E-state index contributed by atoms with van der Waals surface area (Å²) in [5.74, 6) is 0. The minimum absolute atomic E-state index is 0.192. The van der Waals surface area contributed by atoms with Crippen LogP contribution >= 0.6 is 15.9 Å². The highest BCUT2D eigenvalue weighted by Crippen LogP contribution is 2.24. The fourth-order valence-corrected chi connectivity index (χ4v) is 2.41. The molecule has 1 aromatic rings. The van der Waals surface area contributed by atoms with Crippen LogP contribution in [0.1, 0.15) is 5.56 Å². The van der Waals surface area contributed by atoms with E-state index in [0.717, 1.165) is 37.2 Å². The van der Waals surface area contributed by atoms with E-state index in [2.05, 4.69) is 39.4 Å². The van der Waals surface area contributed by atoms with Gasteiger partial charge in [-0.2, -0.15) is 0 Å². The maximum Gasteiger partial charge on any atom is 0.0569 e. The Morgan fingerprint density at radius 2 is 2.24 bits per heavy atom. The second kappa shape index (κ2) is 5.96. The summed E-state index contributed by atoms with van der Waals surface area (Å²) in [6.07, 6.45) is 1.04. The molecule has 94 valence electrons. The van der Waals surface area contributed by atoms with Crippen LogP contribution in [0, 0.1) is 5.41 Å². The van der Waals surface area contributed by atoms with Gasteiger partial charge in [-0.3, -0.25) is 0 Å². The SMILES string of the molecule is NCC1(CNCCc2cccc(Br)c2)COC1. The van der Waals surface area contributed by atoms with Crippen LogP contribution in [-0.2, 0) is 11.2 Å². The van der Waals surface area contributed by atoms with Crippen LogP contribution in [0.5, 0.6) is 0 Å². The summed E-state index contributed by atoms with van der Waals surface area (Å²) in [4.78, 5) is 0. The van der Waals surface area contributed by atoms with Gasteiger partial charge in [0.25, 0.3) is 0 Å². The van der Waals surface area contributed by atoms with Crippen LogP contribution in [0.4, 0.5) is 0 Å². The summed E-state index contributed by atoms with van der Waals surface area (Å²) in [5.41, 5.74) is 7.29. The van der Waals surface area contributed by atoms with Crippen molar-refractivity contribution < 1.29 is 4.74 Å². The van der Waals surface area contributed by atoms with Gasteiger partial charge >= 0.3 is 0 Å². The standard InChI is InChI=1S/C13H19BrN2O/c14-12-3-1-2-11(6-12)4-5-16-8-13(7-15)9-17-10-13/h1-3,6,16H,4-5,7-10,15H2. The molecular formula is C13H19BrN2O. The van der Waals surface area contributed by atoms with Gasteiger partial charge in [-0.05, 0) is 30.7 Å². The summed E-state index contributed by atoms with van der Waals surface area (Å²) in [5, 5.41) is 3.47. The van der Waals surface area contributed by atoms with Crippen molar-refractivity contribution in [3.05, 3.63) is 34.3 Å². The number of hydrogen-bond acceptors (Lipinski definition) is 3. The summed E-state index contributed by atoms with van der Waals surface area (Å²) in [6, 6.07) is 8.43. The monoisotopic (exact) mass is 298 g/mol. The molecule has 1 aliphatic heterocycles. The van der Waals surface area contributed by atoms with E-state index in [1.807, 2.05) is 6.07 Å². The molecule has 3 nitrogen and oxygen atoms in total. The van der Waals surface area contributed by atoms with E-state index in [1.165, 1.54) is 5.56 Å². The Bertz CT molecular complexity index is 361. The number of halogens is 1. The highest BCUT2D eigenvalue weighted by molar-refractivity contribution is 9.10. The summed E-state index contributed by atoms with van der Waals surface area (Å²) >= 11 is 3.48. The van der Waals surface area contributed by atoms with Crippen LogP contribution < -0.4 is 11.1 Å². The first-order chi connectivity index (χ1) is 8.24. The van der Waals surface area contributed by atoms with Gasteiger partial charge in [0.15, 0.2) is 0 Å². The Kier molecular flexibility index (Phi) is 4.56. The Morgan fingerprint density at radius 1 is 1.41 bits per heavy atom. The van der Waals surface area contributed by atoms with Gasteiger partial charge in [0, 0.05) is 23.0 Å². The highest BCUT2D eigenvalue weighted by Gasteiger charge is 2.36. The average Bonchev–Trinajstić information content (AvgIpc) is 2.27. The molecule has 0 saturated carbocycles. The molecule has 0 bridgehead atoms. The zero-order valence-electron chi connectivity index (χ0n) is 9.92. The van der Waals surface area contributed by atoms with Crippen LogP contribution in [0.3, 0.4) is 0 Å². The molecule has 1 aromatic carbocycles. The highest BCUT2D eigenvalue weighted by atomic mass is 79.9. The number of nitrogens with two attached hydrogens (primary N) is 1. The van der Waals surface area contributed by atoms with Crippen molar-refractivity contribution in [2.45, 2.75) is 6.42 Å². The first-order valence-corrected chi connectivity index (χ1v) is 6.76. The summed E-state index contributed by atoms with van der Waals surface area (Å²) in [6.45, 7) is 4.24. The quantitative estimate of drug-likeness (QED) is 0.784. The van der Waals surface area contributed by atoms with Crippen molar-refractivity contribution in [3.63, 3.8) is 0 Å². The molecule has 3 N–H and O–H groups in total. The van der Waals surface area contributed by atoms with Gasteiger partial charge in [-0.1, -0.05) is 28.1 Å². The lowest BCUT2D eigenvalue weighted by Crippen LogP contribution is -2.54. The molecule has 0 atom stereocenters. The van der Waals surface area contributed by atoms with E-state index in [4.69, 9.17) is 10.5 Å². The molecule has 2 rings (SSSR count). The van der Waals surface area contributed by atoms with Gasteiger partial charge in [-0.25, -0.2) is 0 Å². The topological polar surface area (TPSA) is 47.3 Å². The van der Waals surface area contributed by atoms with E-state index in [0.29, 0.717) is 6.54 Å². The molecule has 1 heterocycles. The molecule has 0 radical (unpaired) electrons. The molecule has 4 heteroatoms. The van der Waals surface area contributed by atoms with Crippen LogP contribution in [0.2, 0.25) is 0 Å². The van der Waals surface area contributed by atoms with Crippen molar-refractivity contribution in [1.29, 1.82) is 0 Å². The summed E-state index contributed by atoms with van der Waals surface area (Å²) < 4.78 is 6.37. The van der Waals surface area contributed by atoms with Crippen LogP contribution in [0.25, 0.3) is 0 Å². The van der Waals surface area contributed by atoms with E-state index < -0.39 is 0 Å². The Morgan fingerprint density at radius 3 is 2.82 bits per heavy atom. The van der Waals surface area contributed by atoms with E-state index in [1.54, 1.807) is 0 Å². The molecule has 0 unspecified atom stereocenters. The van der Waals surface area contributed by atoms with E-state index in [-0.39, 0.29) is 5.41 Å². The van der Waals surface area contributed by atoms with Gasteiger partial charge in [0.1, 0.15) is 0 Å². The number of hydrogen-bond donors (Lipinski definition) is 2. The zero-order valence-corrected chi connectivity index (χ0v) is 11.5. The van der Waals surface area contributed by atoms with Crippen molar-refractivity contribution in [2.75, 3.05) is 32.8 Å².